The number of carboxylic acids is 1. The largest absolute Gasteiger partial charge is 0.478 e. The SMILES string of the molecule is C=C=C1CC(c2ccc(C)cc2)OC1c1ccccc1C(=O)O. The molecule has 1 aliphatic heterocycles. The van der Waals surface area contributed by atoms with Crippen molar-refractivity contribution < 1.29 is 14.6 Å². The highest BCUT2D eigenvalue weighted by Crippen LogP contribution is 2.45. The second-order valence-electron chi connectivity index (χ2n) is 5.71. The molecule has 1 saturated heterocycles. The van der Waals surface area contributed by atoms with Crippen LogP contribution in [0.25, 0.3) is 0 Å². The molecule has 3 nitrogen and oxygen atoms in total. The fraction of sp³-hybridized carbons (Fsp3) is 0.200. The lowest BCUT2D eigenvalue weighted by Crippen LogP contribution is -2.08. The molecule has 1 aliphatic rings. The molecule has 2 aromatic carbocycles. The summed E-state index contributed by atoms with van der Waals surface area (Å²) < 4.78 is 6.16. The minimum Gasteiger partial charge on any atom is -0.478 e. The van der Waals surface area contributed by atoms with E-state index >= 15 is 0 Å². The van der Waals surface area contributed by atoms with Gasteiger partial charge >= 0.3 is 5.97 Å². The minimum absolute atomic E-state index is 0.105. The Balaban J connectivity index is 1.96. The summed E-state index contributed by atoms with van der Waals surface area (Å²) in [5, 5.41) is 9.40. The van der Waals surface area contributed by atoms with Gasteiger partial charge in [0.05, 0.1) is 11.7 Å². The van der Waals surface area contributed by atoms with Crippen LogP contribution in [0.15, 0.2) is 66.4 Å². The van der Waals surface area contributed by atoms with E-state index in [1.807, 2.05) is 25.1 Å². The highest BCUT2D eigenvalue weighted by molar-refractivity contribution is 5.89. The molecule has 1 heterocycles. The maximum absolute atomic E-state index is 11.5. The van der Waals surface area contributed by atoms with Crippen molar-refractivity contribution in [2.75, 3.05) is 0 Å². The first-order chi connectivity index (χ1) is 11.1. The van der Waals surface area contributed by atoms with Crippen LogP contribution < -0.4 is 0 Å². The summed E-state index contributed by atoms with van der Waals surface area (Å²) >= 11 is 0. The van der Waals surface area contributed by atoms with Crippen molar-refractivity contribution in [1.82, 2.24) is 0 Å². The Kier molecular flexibility index (Phi) is 4.16. The third-order valence-electron chi connectivity index (χ3n) is 4.17. The summed E-state index contributed by atoms with van der Waals surface area (Å²) in [7, 11) is 0. The molecule has 23 heavy (non-hydrogen) atoms. The van der Waals surface area contributed by atoms with Gasteiger partial charge in [-0.15, -0.1) is 5.73 Å². The zero-order chi connectivity index (χ0) is 16.4. The quantitative estimate of drug-likeness (QED) is 0.842. The third kappa shape index (κ3) is 2.98. The molecule has 2 atom stereocenters. The number of benzene rings is 2. The highest BCUT2D eigenvalue weighted by Gasteiger charge is 2.34. The molecular weight excluding hydrogens is 288 g/mol. The Morgan fingerprint density at radius 3 is 2.57 bits per heavy atom. The zero-order valence-electron chi connectivity index (χ0n) is 13.0. The summed E-state index contributed by atoms with van der Waals surface area (Å²) in [6.07, 6.45) is 0.156. The zero-order valence-corrected chi connectivity index (χ0v) is 13.0. The molecule has 1 N–H and O–H groups in total. The lowest BCUT2D eigenvalue weighted by atomic mass is 9.95. The van der Waals surface area contributed by atoms with Crippen LogP contribution in [0.2, 0.25) is 0 Å². The van der Waals surface area contributed by atoms with Gasteiger partial charge < -0.3 is 9.84 Å². The maximum Gasteiger partial charge on any atom is 0.336 e. The average Bonchev–Trinajstić information content (AvgIpc) is 2.99. The van der Waals surface area contributed by atoms with Crippen molar-refractivity contribution in [2.45, 2.75) is 25.6 Å². The molecule has 0 radical (unpaired) electrons. The maximum atomic E-state index is 11.5. The van der Waals surface area contributed by atoms with Crippen LogP contribution in [0.5, 0.6) is 0 Å². The summed E-state index contributed by atoms with van der Waals surface area (Å²) in [5.74, 6) is -0.952. The monoisotopic (exact) mass is 306 g/mol. The Morgan fingerprint density at radius 2 is 1.91 bits per heavy atom. The van der Waals surface area contributed by atoms with Crippen molar-refractivity contribution in [3.63, 3.8) is 0 Å². The number of aryl methyl sites for hydroxylation is 1. The predicted molar refractivity (Wildman–Crippen MR) is 88.4 cm³/mol. The van der Waals surface area contributed by atoms with Gasteiger partial charge in [-0.1, -0.05) is 54.6 Å². The number of hydrogen-bond donors (Lipinski definition) is 1. The molecule has 2 aromatic rings. The van der Waals surface area contributed by atoms with Crippen molar-refractivity contribution >= 4 is 5.97 Å². The number of hydrogen-bond acceptors (Lipinski definition) is 2. The fourth-order valence-electron chi connectivity index (χ4n) is 2.93. The second-order valence-corrected chi connectivity index (χ2v) is 5.71. The summed E-state index contributed by atoms with van der Waals surface area (Å²) in [5.41, 5.74) is 7.02. The van der Waals surface area contributed by atoms with Crippen LogP contribution >= 0.6 is 0 Å². The van der Waals surface area contributed by atoms with Crippen LogP contribution in [0.3, 0.4) is 0 Å². The van der Waals surface area contributed by atoms with Gasteiger partial charge in [0.25, 0.3) is 0 Å². The van der Waals surface area contributed by atoms with E-state index in [1.165, 1.54) is 5.56 Å². The first-order valence-electron chi connectivity index (χ1n) is 7.53. The van der Waals surface area contributed by atoms with E-state index in [2.05, 4.69) is 24.4 Å². The van der Waals surface area contributed by atoms with Gasteiger partial charge in [-0.25, -0.2) is 4.79 Å². The molecule has 3 heteroatoms. The van der Waals surface area contributed by atoms with E-state index in [-0.39, 0.29) is 11.7 Å². The van der Waals surface area contributed by atoms with E-state index in [9.17, 15) is 9.90 Å². The first kappa shape index (κ1) is 15.3. The molecule has 0 bridgehead atoms. The van der Waals surface area contributed by atoms with Crippen LogP contribution in [-0.2, 0) is 4.74 Å². The summed E-state index contributed by atoms with van der Waals surface area (Å²) in [4.78, 5) is 11.5. The number of aromatic carboxylic acids is 1. The standard InChI is InChI=1S/C20H18O3/c1-3-14-12-18(15-10-8-13(2)9-11-15)23-19(14)16-6-4-5-7-17(16)20(21)22/h4-11,18-19H,1,12H2,2H3,(H,21,22). The third-order valence-corrected chi connectivity index (χ3v) is 4.17. The van der Waals surface area contributed by atoms with Gasteiger partial charge in [-0.3, -0.25) is 0 Å². The lowest BCUT2D eigenvalue weighted by molar-refractivity contribution is 0.0492. The molecule has 0 spiro atoms. The van der Waals surface area contributed by atoms with Gasteiger partial charge in [0.2, 0.25) is 0 Å². The van der Waals surface area contributed by atoms with Crippen molar-refractivity contribution in [2.24, 2.45) is 0 Å². The fourth-order valence-corrected chi connectivity index (χ4v) is 2.93. The molecule has 0 aromatic heterocycles. The van der Waals surface area contributed by atoms with Crippen LogP contribution in [0.4, 0.5) is 0 Å². The van der Waals surface area contributed by atoms with E-state index in [0.29, 0.717) is 12.0 Å². The van der Waals surface area contributed by atoms with Gasteiger partial charge in [-0.05, 0) is 18.6 Å². The van der Waals surface area contributed by atoms with Gasteiger partial charge in [0, 0.05) is 17.6 Å². The summed E-state index contributed by atoms with van der Waals surface area (Å²) in [6.45, 7) is 5.79. The molecule has 0 saturated carbocycles. The van der Waals surface area contributed by atoms with Gasteiger partial charge in [-0.2, -0.15) is 0 Å². The Morgan fingerprint density at radius 1 is 1.22 bits per heavy atom. The van der Waals surface area contributed by atoms with E-state index in [0.717, 1.165) is 11.1 Å². The second kappa shape index (κ2) is 6.25. The van der Waals surface area contributed by atoms with Crippen LogP contribution in [0.1, 0.15) is 45.7 Å². The molecule has 3 rings (SSSR count). The van der Waals surface area contributed by atoms with Gasteiger partial charge in [0.15, 0.2) is 0 Å². The molecule has 0 aliphatic carbocycles. The average molecular weight is 306 g/mol. The number of rotatable bonds is 3. The van der Waals surface area contributed by atoms with E-state index < -0.39 is 12.1 Å². The number of carbonyl (C=O) groups is 1. The Hall–Kier alpha value is -2.61. The minimum atomic E-state index is -0.952. The van der Waals surface area contributed by atoms with Crippen molar-refractivity contribution in [3.8, 4) is 0 Å². The Bertz CT molecular complexity index is 783. The lowest BCUT2D eigenvalue weighted by Gasteiger charge is -2.16. The number of carboxylic acid groups (broad SMARTS) is 1. The predicted octanol–water partition coefficient (Wildman–Crippen LogP) is 4.61. The molecule has 1 fully saturated rings. The van der Waals surface area contributed by atoms with Crippen LogP contribution in [-0.4, -0.2) is 11.1 Å². The van der Waals surface area contributed by atoms with Crippen molar-refractivity contribution in [3.05, 3.63) is 88.7 Å². The highest BCUT2D eigenvalue weighted by atomic mass is 16.5. The topological polar surface area (TPSA) is 46.5 Å². The smallest absolute Gasteiger partial charge is 0.336 e. The van der Waals surface area contributed by atoms with E-state index in [4.69, 9.17) is 4.74 Å². The summed E-state index contributed by atoms with van der Waals surface area (Å²) in [6, 6.07) is 15.1. The molecular formula is C20H18O3. The molecule has 0 amide bonds. The number of ether oxygens (including phenoxy) is 1. The van der Waals surface area contributed by atoms with Crippen molar-refractivity contribution in [1.29, 1.82) is 0 Å². The Labute approximate surface area is 135 Å². The van der Waals surface area contributed by atoms with Gasteiger partial charge in [0.1, 0.15) is 6.10 Å². The normalized spacial score (nSPS) is 20.3. The van der Waals surface area contributed by atoms with Crippen LogP contribution in [0, 0.1) is 6.92 Å². The van der Waals surface area contributed by atoms with E-state index in [1.54, 1.807) is 18.2 Å². The first-order valence-corrected chi connectivity index (χ1v) is 7.53. The molecule has 116 valence electrons. The molecule has 2 unspecified atom stereocenters.